The molecule has 116 valence electrons. The second kappa shape index (κ2) is 6.38. The highest BCUT2D eigenvalue weighted by molar-refractivity contribution is 5.45. The third-order valence-corrected chi connectivity index (χ3v) is 5.20. The van der Waals surface area contributed by atoms with Crippen molar-refractivity contribution in [3.63, 3.8) is 0 Å². The van der Waals surface area contributed by atoms with E-state index >= 15 is 0 Å². The smallest absolute Gasteiger partial charge is 0.0140 e. The molecule has 2 aliphatic rings. The molecule has 0 fully saturated rings. The Kier molecular flexibility index (Phi) is 4.96. The highest BCUT2D eigenvalue weighted by atomic mass is 14.3. The lowest BCUT2D eigenvalue weighted by molar-refractivity contribution is 0.541. The fraction of sp³-hybridized carbons (Fsp3) is 0.619. The second-order valence-electron chi connectivity index (χ2n) is 7.77. The van der Waals surface area contributed by atoms with Crippen LogP contribution >= 0.6 is 0 Å². The standard InChI is InChI=1S/C21H32/c1-15(2)17-9-7-11-19(13-17)21(5,6)20-12-8-10-18(14-20)16(3)4/h11-16H,7-10H2,1-6H3. The van der Waals surface area contributed by atoms with Gasteiger partial charge < -0.3 is 0 Å². The summed E-state index contributed by atoms with van der Waals surface area (Å²) in [6, 6.07) is 0. The van der Waals surface area contributed by atoms with Gasteiger partial charge in [-0.3, -0.25) is 0 Å². The van der Waals surface area contributed by atoms with E-state index in [0.717, 1.165) is 0 Å². The molecule has 0 amide bonds. The van der Waals surface area contributed by atoms with Crippen LogP contribution in [0.5, 0.6) is 0 Å². The summed E-state index contributed by atoms with van der Waals surface area (Å²) >= 11 is 0. The van der Waals surface area contributed by atoms with Crippen LogP contribution in [0.25, 0.3) is 0 Å². The summed E-state index contributed by atoms with van der Waals surface area (Å²) < 4.78 is 0. The molecule has 0 spiro atoms. The van der Waals surface area contributed by atoms with Crippen LogP contribution in [0.4, 0.5) is 0 Å². The maximum Gasteiger partial charge on any atom is 0.0140 e. The van der Waals surface area contributed by atoms with E-state index in [-0.39, 0.29) is 5.41 Å². The van der Waals surface area contributed by atoms with E-state index in [0.29, 0.717) is 11.8 Å². The minimum atomic E-state index is 0.140. The van der Waals surface area contributed by atoms with Gasteiger partial charge in [0.2, 0.25) is 0 Å². The zero-order chi connectivity index (χ0) is 15.6. The number of hydrogen-bond donors (Lipinski definition) is 0. The molecule has 0 heteroatoms. The quantitative estimate of drug-likeness (QED) is 0.544. The van der Waals surface area contributed by atoms with Crippen LogP contribution in [0.15, 0.2) is 46.6 Å². The monoisotopic (exact) mass is 284 g/mol. The molecule has 0 radical (unpaired) electrons. The third-order valence-electron chi connectivity index (χ3n) is 5.20. The second-order valence-corrected chi connectivity index (χ2v) is 7.77. The summed E-state index contributed by atoms with van der Waals surface area (Å²) in [4.78, 5) is 0. The van der Waals surface area contributed by atoms with Gasteiger partial charge in [0.05, 0.1) is 0 Å². The summed E-state index contributed by atoms with van der Waals surface area (Å²) in [6.45, 7) is 14.1. The van der Waals surface area contributed by atoms with Gasteiger partial charge in [0.25, 0.3) is 0 Å². The van der Waals surface area contributed by atoms with Crippen LogP contribution in [-0.4, -0.2) is 0 Å². The van der Waals surface area contributed by atoms with Crippen LogP contribution in [0.3, 0.4) is 0 Å². The molecule has 0 bridgehead atoms. The predicted octanol–water partition coefficient (Wildman–Crippen LogP) is 6.62. The number of allylic oxidation sites excluding steroid dienone is 8. The Bertz CT molecular complexity index is 458. The Morgan fingerprint density at radius 1 is 0.762 bits per heavy atom. The topological polar surface area (TPSA) is 0 Å². The first-order chi connectivity index (χ1) is 9.82. The maximum atomic E-state index is 2.48. The summed E-state index contributed by atoms with van der Waals surface area (Å²) in [6.07, 6.45) is 14.8. The van der Waals surface area contributed by atoms with Gasteiger partial charge >= 0.3 is 0 Å². The van der Waals surface area contributed by atoms with Gasteiger partial charge in [-0.2, -0.15) is 0 Å². The van der Waals surface area contributed by atoms with Gasteiger partial charge in [0.15, 0.2) is 0 Å². The molecule has 0 nitrogen and oxygen atoms in total. The van der Waals surface area contributed by atoms with Crippen molar-refractivity contribution in [2.45, 2.75) is 67.2 Å². The first kappa shape index (κ1) is 16.3. The predicted molar refractivity (Wildman–Crippen MR) is 94.3 cm³/mol. The number of hydrogen-bond acceptors (Lipinski definition) is 0. The lowest BCUT2D eigenvalue weighted by Crippen LogP contribution is -2.20. The molecule has 0 aromatic rings. The van der Waals surface area contributed by atoms with Gasteiger partial charge in [-0.1, -0.05) is 77.0 Å². The lowest BCUT2D eigenvalue weighted by atomic mass is 9.71. The van der Waals surface area contributed by atoms with E-state index in [1.165, 1.54) is 36.8 Å². The van der Waals surface area contributed by atoms with Crippen molar-refractivity contribution in [2.24, 2.45) is 17.3 Å². The average molecular weight is 284 g/mol. The molecular formula is C21H32. The van der Waals surface area contributed by atoms with E-state index in [9.17, 15) is 0 Å². The van der Waals surface area contributed by atoms with Crippen molar-refractivity contribution in [3.8, 4) is 0 Å². The van der Waals surface area contributed by atoms with Gasteiger partial charge in [0, 0.05) is 5.41 Å². The Labute approximate surface area is 131 Å². The molecule has 0 saturated carbocycles. The summed E-state index contributed by atoms with van der Waals surface area (Å²) in [5.41, 5.74) is 6.41. The fourth-order valence-corrected chi connectivity index (χ4v) is 3.40. The average Bonchev–Trinajstić information content (AvgIpc) is 2.47. The summed E-state index contributed by atoms with van der Waals surface area (Å²) in [5.74, 6) is 1.35. The molecule has 0 atom stereocenters. The molecule has 0 aromatic heterocycles. The van der Waals surface area contributed by atoms with E-state index in [1.807, 2.05) is 0 Å². The lowest BCUT2D eigenvalue weighted by Gasteiger charge is -2.33. The highest BCUT2D eigenvalue weighted by Gasteiger charge is 2.28. The molecule has 21 heavy (non-hydrogen) atoms. The Morgan fingerprint density at radius 2 is 1.14 bits per heavy atom. The first-order valence-corrected chi connectivity index (χ1v) is 8.64. The minimum Gasteiger partial charge on any atom is -0.0801 e. The van der Waals surface area contributed by atoms with Gasteiger partial charge in [0.1, 0.15) is 0 Å². The zero-order valence-corrected chi connectivity index (χ0v) is 14.8. The molecule has 0 saturated heterocycles. The summed E-state index contributed by atoms with van der Waals surface area (Å²) in [5, 5.41) is 0. The molecule has 0 aliphatic heterocycles. The summed E-state index contributed by atoms with van der Waals surface area (Å²) in [7, 11) is 0. The van der Waals surface area contributed by atoms with Crippen LogP contribution < -0.4 is 0 Å². The van der Waals surface area contributed by atoms with E-state index in [4.69, 9.17) is 0 Å². The Balaban J connectivity index is 2.30. The molecule has 0 aromatic carbocycles. The Morgan fingerprint density at radius 3 is 1.48 bits per heavy atom. The first-order valence-electron chi connectivity index (χ1n) is 8.64. The molecule has 2 aliphatic carbocycles. The SMILES string of the molecule is CC(C)C1=CC(C(C)(C)C2=CCCC(C(C)C)=C2)=CCC1. The normalized spacial score (nSPS) is 20.2. The fourth-order valence-electron chi connectivity index (χ4n) is 3.40. The van der Waals surface area contributed by atoms with Crippen LogP contribution in [0.2, 0.25) is 0 Å². The van der Waals surface area contributed by atoms with Crippen LogP contribution in [0.1, 0.15) is 67.2 Å². The zero-order valence-electron chi connectivity index (χ0n) is 14.8. The van der Waals surface area contributed by atoms with E-state index in [1.54, 1.807) is 11.1 Å². The maximum absolute atomic E-state index is 2.48. The van der Waals surface area contributed by atoms with E-state index in [2.05, 4.69) is 65.8 Å². The van der Waals surface area contributed by atoms with Gasteiger partial charge in [-0.15, -0.1) is 0 Å². The van der Waals surface area contributed by atoms with Gasteiger partial charge in [-0.05, 0) is 48.7 Å². The molecule has 2 rings (SSSR count). The van der Waals surface area contributed by atoms with Crippen LogP contribution in [-0.2, 0) is 0 Å². The molecular weight excluding hydrogens is 252 g/mol. The van der Waals surface area contributed by atoms with Gasteiger partial charge in [-0.25, -0.2) is 0 Å². The van der Waals surface area contributed by atoms with Crippen molar-refractivity contribution in [3.05, 3.63) is 46.6 Å². The minimum absolute atomic E-state index is 0.140. The largest absolute Gasteiger partial charge is 0.0801 e. The molecule has 0 heterocycles. The molecule has 0 N–H and O–H groups in total. The number of rotatable bonds is 4. The van der Waals surface area contributed by atoms with E-state index < -0.39 is 0 Å². The van der Waals surface area contributed by atoms with Crippen LogP contribution in [0, 0.1) is 17.3 Å². The van der Waals surface area contributed by atoms with Crippen molar-refractivity contribution in [1.29, 1.82) is 0 Å². The Hall–Kier alpha value is -1.04. The third kappa shape index (κ3) is 3.59. The van der Waals surface area contributed by atoms with Crippen molar-refractivity contribution >= 4 is 0 Å². The molecule has 0 unspecified atom stereocenters. The highest BCUT2D eigenvalue weighted by Crippen LogP contribution is 2.42. The van der Waals surface area contributed by atoms with Crippen molar-refractivity contribution in [2.75, 3.05) is 0 Å². The van der Waals surface area contributed by atoms with Crippen molar-refractivity contribution < 1.29 is 0 Å². The van der Waals surface area contributed by atoms with Crippen molar-refractivity contribution in [1.82, 2.24) is 0 Å².